The van der Waals surface area contributed by atoms with Crippen molar-refractivity contribution in [3.63, 3.8) is 0 Å². The van der Waals surface area contributed by atoms with Crippen molar-refractivity contribution >= 4 is 22.4 Å². The lowest BCUT2D eigenvalue weighted by atomic mass is 9.79. The SMILES string of the molecule is COc1ccc(OCCS(=O)(=O)C(C)(C)C)c(B(O)O)c1. The first kappa shape index (κ1) is 17.8. The molecule has 0 aliphatic rings. The summed E-state index contributed by atoms with van der Waals surface area (Å²) >= 11 is 0. The molecule has 118 valence electrons. The second kappa shape index (κ2) is 6.68. The molecule has 0 fully saturated rings. The number of methoxy groups -OCH3 is 1. The van der Waals surface area contributed by atoms with Crippen LogP contribution in [0.15, 0.2) is 18.2 Å². The van der Waals surface area contributed by atoms with Crippen LogP contribution in [0.5, 0.6) is 11.5 Å². The lowest BCUT2D eigenvalue weighted by molar-refractivity contribution is 0.338. The first-order valence-electron chi connectivity index (χ1n) is 6.47. The molecule has 0 amide bonds. The summed E-state index contributed by atoms with van der Waals surface area (Å²) in [5.41, 5.74) is 0.127. The van der Waals surface area contributed by atoms with Crippen molar-refractivity contribution in [2.75, 3.05) is 19.5 Å². The molecule has 0 spiro atoms. The van der Waals surface area contributed by atoms with Crippen LogP contribution in [-0.4, -0.2) is 49.8 Å². The minimum Gasteiger partial charge on any atom is -0.497 e. The van der Waals surface area contributed by atoms with E-state index >= 15 is 0 Å². The minimum absolute atomic E-state index is 0.0638. The van der Waals surface area contributed by atoms with E-state index in [1.807, 2.05) is 0 Å². The molecular formula is C13H21BO6S. The predicted molar refractivity (Wildman–Crippen MR) is 81.9 cm³/mol. The number of rotatable bonds is 6. The molecule has 0 atom stereocenters. The van der Waals surface area contributed by atoms with Gasteiger partial charge in [0.2, 0.25) is 0 Å². The fraction of sp³-hybridized carbons (Fsp3) is 0.538. The van der Waals surface area contributed by atoms with Gasteiger partial charge in [0, 0.05) is 5.46 Å². The molecule has 0 aliphatic carbocycles. The summed E-state index contributed by atoms with van der Waals surface area (Å²) in [7, 11) is -3.56. The van der Waals surface area contributed by atoms with E-state index in [1.165, 1.54) is 19.2 Å². The number of hydrogen-bond acceptors (Lipinski definition) is 6. The lowest BCUT2D eigenvalue weighted by Crippen LogP contribution is -2.34. The Morgan fingerprint density at radius 1 is 1.24 bits per heavy atom. The van der Waals surface area contributed by atoms with Gasteiger partial charge in [-0.2, -0.15) is 0 Å². The van der Waals surface area contributed by atoms with Gasteiger partial charge in [-0.05, 0) is 39.0 Å². The Labute approximate surface area is 125 Å². The van der Waals surface area contributed by atoms with Crippen LogP contribution in [0.25, 0.3) is 0 Å². The van der Waals surface area contributed by atoms with Crippen molar-refractivity contribution < 1.29 is 27.9 Å². The zero-order chi connectivity index (χ0) is 16.3. The maximum absolute atomic E-state index is 12.0. The molecule has 21 heavy (non-hydrogen) atoms. The van der Waals surface area contributed by atoms with Gasteiger partial charge >= 0.3 is 7.12 Å². The third kappa shape index (κ3) is 4.62. The lowest BCUT2D eigenvalue weighted by Gasteiger charge is -2.19. The summed E-state index contributed by atoms with van der Waals surface area (Å²) in [6.45, 7) is 4.81. The average Bonchev–Trinajstić information content (AvgIpc) is 2.37. The van der Waals surface area contributed by atoms with Gasteiger partial charge < -0.3 is 19.5 Å². The molecule has 6 nitrogen and oxygen atoms in total. The summed E-state index contributed by atoms with van der Waals surface area (Å²) < 4.78 is 33.4. The highest BCUT2D eigenvalue weighted by Crippen LogP contribution is 2.18. The van der Waals surface area contributed by atoms with Crippen molar-refractivity contribution in [1.29, 1.82) is 0 Å². The van der Waals surface area contributed by atoms with Crippen molar-refractivity contribution in [3.8, 4) is 11.5 Å². The Bertz CT molecular complexity index is 577. The largest absolute Gasteiger partial charge is 0.497 e. The molecule has 8 heteroatoms. The van der Waals surface area contributed by atoms with Crippen molar-refractivity contribution in [2.45, 2.75) is 25.5 Å². The molecule has 0 unspecified atom stereocenters. The molecule has 0 aliphatic heterocycles. The van der Waals surface area contributed by atoms with E-state index in [0.717, 1.165) is 0 Å². The third-order valence-electron chi connectivity index (χ3n) is 3.04. The molecule has 1 aromatic carbocycles. The molecule has 0 saturated heterocycles. The van der Waals surface area contributed by atoms with Crippen molar-refractivity contribution in [2.24, 2.45) is 0 Å². The Kier molecular flexibility index (Phi) is 5.66. The Hall–Kier alpha value is -1.25. The summed E-state index contributed by atoms with van der Waals surface area (Å²) in [6.07, 6.45) is 0. The standard InChI is InChI=1S/C13H21BO6S/c1-13(2,3)21(17,18)8-7-20-12-6-5-10(19-4)9-11(12)14(15)16/h5-6,9,15-16H,7-8H2,1-4H3. The highest BCUT2D eigenvalue weighted by atomic mass is 32.2. The summed E-state index contributed by atoms with van der Waals surface area (Å²) in [4.78, 5) is 0. The monoisotopic (exact) mass is 316 g/mol. The van der Waals surface area contributed by atoms with E-state index in [2.05, 4.69) is 0 Å². The van der Waals surface area contributed by atoms with Gasteiger partial charge in [0.05, 0.1) is 17.6 Å². The average molecular weight is 316 g/mol. The second-order valence-corrected chi connectivity index (χ2v) is 8.42. The van der Waals surface area contributed by atoms with Crippen LogP contribution in [0.2, 0.25) is 0 Å². The van der Waals surface area contributed by atoms with Gasteiger partial charge in [-0.25, -0.2) is 8.42 Å². The molecular weight excluding hydrogens is 295 g/mol. The highest BCUT2D eigenvalue weighted by molar-refractivity contribution is 7.92. The normalized spacial score (nSPS) is 12.1. The molecule has 1 rings (SSSR count). The van der Waals surface area contributed by atoms with Gasteiger partial charge in [-0.1, -0.05) is 0 Å². The van der Waals surface area contributed by atoms with Gasteiger partial charge in [0.1, 0.15) is 18.1 Å². The van der Waals surface area contributed by atoms with Gasteiger partial charge in [0.25, 0.3) is 0 Å². The van der Waals surface area contributed by atoms with Crippen LogP contribution in [0.4, 0.5) is 0 Å². The van der Waals surface area contributed by atoms with Crippen LogP contribution in [0.3, 0.4) is 0 Å². The first-order valence-corrected chi connectivity index (χ1v) is 8.13. The number of ether oxygens (including phenoxy) is 2. The fourth-order valence-electron chi connectivity index (χ4n) is 1.55. The smallest absolute Gasteiger partial charge is 0.492 e. The predicted octanol–water partition coefficient (Wildman–Crippen LogP) is -0.0329. The first-order chi connectivity index (χ1) is 9.58. The highest BCUT2D eigenvalue weighted by Gasteiger charge is 2.29. The molecule has 0 heterocycles. The fourth-order valence-corrected chi connectivity index (χ4v) is 2.47. The van der Waals surface area contributed by atoms with Gasteiger partial charge in [0.15, 0.2) is 9.84 Å². The van der Waals surface area contributed by atoms with Crippen LogP contribution in [0, 0.1) is 0 Å². The Morgan fingerprint density at radius 2 is 1.86 bits per heavy atom. The summed E-state index contributed by atoms with van der Waals surface area (Å²) in [5.74, 6) is 0.520. The molecule has 0 bridgehead atoms. The molecule has 1 aromatic rings. The Balaban J connectivity index is 2.81. The van der Waals surface area contributed by atoms with Gasteiger partial charge in [-0.3, -0.25) is 0 Å². The van der Waals surface area contributed by atoms with Crippen LogP contribution in [-0.2, 0) is 9.84 Å². The molecule has 0 radical (unpaired) electrons. The zero-order valence-electron chi connectivity index (χ0n) is 12.7. The summed E-state index contributed by atoms with van der Waals surface area (Å²) in [5, 5.41) is 18.6. The molecule has 2 N–H and O–H groups in total. The van der Waals surface area contributed by atoms with E-state index in [-0.39, 0.29) is 23.6 Å². The topological polar surface area (TPSA) is 93.1 Å². The van der Waals surface area contributed by atoms with Crippen LogP contribution in [0.1, 0.15) is 20.8 Å². The van der Waals surface area contributed by atoms with Crippen molar-refractivity contribution in [1.82, 2.24) is 0 Å². The van der Waals surface area contributed by atoms with E-state index in [0.29, 0.717) is 5.75 Å². The minimum atomic E-state index is -3.29. The van der Waals surface area contributed by atoms with E-state index < -0.39 is 21.7 Å². The number of sulfone groups is 1. The maximum atomic E-state index is 12.0. The van der Waals surface area contributed by atoms with E-state index in [1.54, 1.807) is 26.8 Å². The van der Waals surface area contributed by atoms with Crippen LogP contribution >= 0.6 is 0 Å². The number of hydrogen-bond donors (Lipinski definition) is 2. The van der Waals surface area contributed by atoms with E-state index in [4.69, 9.17) is 9.47 Å². The quantitative estimate of drug-likeness (QED) is 0.716. The summed E-state index contributed by atoms with van der Waals surface area (Å²) in [6, 6.07) is 4.54. The molecule has 0 aromatic heterocycles. The Morgan fingerprint density at radius 3 is 2.33 bits per heavy atom. The zero-order valence-corrected chi connectivity index (χ0v) is 13.5. The number of benzene rings is 1. The van der Waals surface area contributed by atoms with Gasteiger partial charge in [-0.15, -0.1) is 0 Å². The third-order valence-corrected chi connectivity index (χ3v) is 5.61. The van der Waals surface area contributed by atoms with Crippen LogP contribution < -0.4 is 14.9 Å². The molecule has 0 saturated carbocycles. The maximum Gasteiger partial charge on any atom is 0.492 e. The second-order valence-electron chi connectivity index (χ2n) is 5.56. The van der Waals surface area contributed by atoms with Crippen molar-refractivity contribution in [3.05, 3.63) is 18.2 Å². The van der Waals surface area contributed by atoms with E-state index in [9.17, 15) is 18.5 Å².